The maximum atomic E-state index is 10.3. The molecular formula is C8H11ClN2O3. The van der Waals surface area contributed by atoms with Gasteiger partial charge in [-0.1, -0.05) is 11.6 Å². The molecule has 1 atom stereocenters. The van der Waals surface area contributed by atoms with Crippen LogP contribution in [-0.2, 0) is 11.3 Å². The van der Waals surface area contributed by atoms with Crippen molar-refractivity contribution in [3.63, 3.8) is 0 Å². The van der Waals surface area contributed by atoms with Crippen molar-refractivity contribution in [3.8, 4) is 0 Å². The molecule has 78 valence electrons. The van der Waals surface area contributed by atoms with Crippen molar-refractivity contribution in [2.24, 2.45) is 0 Å². The number of carboxylic acid groups (broad SMARTS) is 1. The highest BCUT2D eigenvalue weighted by atomic mass is 35.5. The minimum atomic E-state index is -1.03. The average molecular weight is 219 g/mol. The van der Waals surface area contributed by atoms with Crippen LogP contribution in [0.15, 0.2) is 6.20 Å². The molecule has 5 nitrogen and oxygen atoms in total. The highest BCUT2D eigenvalue weighted by Crippen LogP contribution is 2.13. The third-order valence-electron chi connectivity index (χ3n) is 1.84. The number of carboxylic acids is 1. The van der Waals surface area contributed by atoms with E-state index in [1.54, 1.807) is 6.92 Å². The summed E-state index contributed by atoms with van der Waals surface area (Å²) in [5, 5.41) is 22.1. The summed E-state index contributed by atoms with van der Waals surface area (Å²) in [7, 11) is 0. The second kappa shape index (κ2) is 4.43. The van der Waals surface area contributed by atoms with Crippen LogP contribution in [0.1, 0.15) is 12.1 Å². The van der Waals surface area contributed by atoms with Gasteiger partial charge in [0.1, 0.15) is 0 Å². The van der Waals surface area contributed by atoms with Crippen molar-refractivity contribution in [1.82, 2.24) is 9.78 Å². The van der Waals surface area contributed by atoms with Crippen molar-refractivity contribution >= 4 is 17.6 Å². The molecule has 1 rings (SSSR count). The molecule has 0 spiro atoms. The van der Waals surface area contributed by atoms with E-state index >= 15 is 0 Å². The van der Waals surface area contributed by atoms with Crippen LogP contribution in [0.2, 0.25) is 5.02 Å². The van der Waals surface area contributed by atoms with Gasteiger partial charge >= 0.3 is 5.97 Å². The SMILES string of the molecule is Cc1c(Cl)cnn1CC(O)CC(=O)O. The number of aromatic nitrogens is 2. The number of hydrogen-bond donors (Lipinski definition) is 2. The summed E-state index contributed by atoms with van der Waals surface area (Å²) < 4.78 is 1.48. The maximum absolute atomic E-state index is 10.3. The first-order chi connectivity index (χ1) is 6.50. The van der Waals surface area contributed by atoms with Gasteiger partial charge in [-0.05, 0) is 6.92 Å². The van der Waals surface area contributed by atoms with Crippen LogP contribution in [0.25, 0.3) is 0 Å². The van der Waals surface area contributed by atoms with Gasteiger partial charge in [-0.3, -0.25) is 9.48 Å². The molecule has 0 aliphatic heterocycles. The zero-order valence-corrected chi connectivity index (χ0v) is 8.40. The second-order valence-corrected chi connectivity index (χ2v) is 3.42. The number of aliphatic hydroxyl groups is 1. The van der Waals surface area contributed by atoms with E-state index in [4.69, 9.17) is 16.7 Å². The Bertz CT molecular complexity index is 337. The van der Waals surface area contributed by atoms with Gasteiger partial charge in [0.15, 0.2) is 0 Å². The third kappa shape index (κ3) is 2.71. The molecular weight excluding hydrogens is 208 g/mol. The smallest absolute Gasteiger partial charge is 0.306 e. The molecule has 0 radical (unpaired) electrons. The lowest BCUT2D eigenvalue weighted by Crippen LogP contribution is -2.21. The molecule has 1 unspecified atom stereocenters. The Balaban J connectivity index is 2.60. The maximum Gasteiger partial charge on any atom is 0.306 e. The van der Waals surface area contributed by atoms with E-state index in [1.807, 2.05) is 0 Å². The van der Waals surface area contributed by atoms with Crippen LogP contribution in [0.5, 0.6) is 0 Å². The first kappa shape index (κ1) is 11.0. The molecule has 0 fully saturated rings. The van der Waals surface area contributed by atoms with Crippen molar-refractivity contribution in [2.45, 2.75) is 26.0 Å². The predicted molar refractivity (Wildman–Crippen MR) is 50.2 cm³/mol. The number of carbonyl (C=O) groups is 1. The van der Waals surface area contributed by atoms with E-state index in [2.05, 4.69) is 5.10 Å². The van der Waals surface area contributed by atoms with Crippen molar-refractivity contribution in [2.75, 3.05) is 0 Å². The summed E-state index contributed by atoms with van der Waals surface area (Å²) in [6.45, 7) is 1.90. The molecule has 0 aliphatic carbocycles. The van der Waals surface area contributed by atoms with E-state index in [0.29, 0.717) is 5.02 Å². The summed E-state index contributed by atoms with van der Waals surface area (Å²) in [6, 6.07) is 0. The predicted octanol–water partition coefficient (Wildman–Crippen LogP) is 0.681. The normalized spacial score (nSPS) is 12.8. The number of aliphatic carboxylic acids is 1. The largest absolute Gasteiger partial charge is 0.481 e. The van der Waals surface area contributed by atoms with E-state index < -0.39 is 12.1 Å². The standard InChI is InChI=1S/C8H11ClN2O3/c1-5-7(9)3-10-11(5)4-6(12)2-8(13)14/h3,6,12H,2,4H2,1H3,(H,13,14). The quantitative estimate of drug-likeness (QED) is 0.780. The molecule has 2 N–H and O–H groups in total. The van der Waals surface area contributed by atoms with Gasteiger partial charge in [-0.15, -0.1) is 0 Å². The summed E-state index contributed by atoms with van der Waals surface area (Å²) in [5.74, 6) is -1.03. The number of nitrogens with zero attached hydrogens (tertiary/aromatic N) is 2. The molecule has 1 aromatic rings. The van der Waals surface area contributed by atoms with Gasteiger partial charge in [0.2, 0.25) is 0 Å². The lowest BCUT2D eigenvalue weighted by molar-refractivity contribution is -0.139. The van der Waals surface area contributed by atoms with Crippen LogP contribution in [0.3, 0.4) is 0 Å². The van der Waals surface area contributed by atoms with E-state index in [9.17, 15) is 9.90 Å². The molecule has 6 heteroatoms. The van der Waals surface area contributed by atoms with E-state index in [1.165, 1.54) is 10.9 Å². The van der Waals surface area contributed by atoms with Gasteiger partial charge in [0, 0.05) is 0 Å². The number of aliphatic hydroxyl groups excluding tert-OH is 1. The fourth-order valence-corrected chi connectivity index (χ4v) is 1.21. The Labute approximate surface area is 85.9 Å². The molecule has 0 aromatic carbocycles. The lowest BCUT2D eigenvalue weighted by Gasteiger charge is -2.09. The monoisotopic (exact) mass is 218 g/mol. The number of rotatable bonds is 4. The summed E-state index contributed by atoms with van der Waals surface area (Å²) in [6.07, 6.45) is 0.226. The first-order valence-electron chi connectivity index (χ1n) is 4.08. The molecule has 0 aliphatic rings. The van der Waals surface area contributed by atoms with Crippen LogP contribution < -0.4 is 0 Å². The number of halogens is 1. The molecule has 0 amide bonds. The fraction of sp³-hybridized carbons (Fsp3) is 0.500. The van der Waals surface area contributed by atoms with Crippen LogP contribution in [-0.4, -0.2) is 32.1 Å². The van der Waals surface area contributed by atoms with Gasteiger partial charge in [0.05, 0.1) is 36.0 Å². The molecule has 1 aromatic heterocycles. The summed E-state index contributed by atoms with van der Waals surface area (Å²) in [5.41, 5.74) is 0.719. The topological polar surface area (TPSA) is 75.3 Å². The lowest BCUT2D eigenvalue weighted by atomic mass is 10.2. The summed E-state index contributed by atoms with van der Waals surface area (Å²) in [4.78, 5) is 10.3. The second-order valence-electron chi connectivity index (χ2n) is 3.01. The van der Waals surface area contributed by atoms with Crippen molar-refractivity contribution in [3.05, 3.63) is 16.9 Å². The average Bonchev–Trinajstić information content (AvgIpc) is 2.34. The molecule has 0 saturated carbocycles. The van der Waals surface area contributed by atoms with E-state index in [0.717, 1.165) is 5.69 Å². The Morgan fingerprint density at radius 3 is 2.86 bits per heavy atom. The first-order valence-corrected chi connectivity index (χ1v) is 4.46. The number of hydrogen-bond acceptors (Lipinski definition) is 3. The Morgan fingerprint density at radius 1 is 1.79 bits per heavy atom. The fourth-order valence-electron chi connectivity index (χ4n) is 1.07. The molecule has 0 saturated heterocycles. The molecule has 0 bridgehead atoms. The highest BCUT2D eigenvalue weighted by Gasteiger charge is 2.12. The van der Waals surface area contributed by atoms with Crippen LogP contribution in [0.4, 0.5) is 0 Å². The van der Waals surface area contributed by atoms with E-state index in [-0.39, 0.29) is 13.0 Å². The Morgan fingerprint density at radius 2 is 2.43 bits per heavy atom. The molecule has 1 heterocycles. The minimum Gasteiger partial charge on any atom is -0.481 e. The zero-order chi connectivity index (χ0) is 10.7. The molecule has 14 heavy (non-hydrogen) atoms. The minimum absolute atomic E-state index is 0.144. The van der Waals surface area contributed by atoms with Gasteiger partial charge < -0.3 is 10.2 Å². The van der Waals surface area contributed by atoms with Gasteiger partial charge in [0.25, 0.3) is 0 Å². The van der Waals surface area contributed by atoms with Gasteiger partial charge in [-0.2, -0.15) is 5.10 Å². The van der Waals surface area contributed by atoms with Crippen LogP contribution in [0, 0.1) is 6.92 Å². The Hall–Kier alpha value is -1.07. The van der Waals surface area contributed by atoms with Crippen molar-refractivity contribution in [1.29, 1.82) is 0 Å². The van der Waals surface area contributed by atoms with Gasteiger partial charge in [-0.25, -0.2) is 0 Å². The summed E-state index contributed by atoms with van der Waals surface area (Å²) >= 11 is 5.74. The van der Waals surface area contributed by atoms with Crippen molar-refractivity contribution < 1.29 is 15.0 Å². The zero-order valence-electron chi connectivity index (χ0n) is 7.64. The van der Waals surface area contributed by atoms with Crippen LogP contribution >= 0.6 is 11.6 Å². The third-order valence-corrected chi connectivity index (χ3v) is 2.21. The Kier molecular flexibility index (Phi) is 3.49. The highest BCUT2D eigenvalue weighted by molar-refractivity contribution is 6.31.